The first-order chi connectivity index (χ1) is 27.5. The summed E-state index contributed by atoms with van der Waals surface area (Å²) in [5.74, 6) is 1.98. The molecule has 0 unspecified atom stereocenters. The van der Waals surface area contributed by atoms with Crippen molar-refractivity contribution >= 4 is 54.5 Å². The fourth-order valence-corrected chi connectivity index (χ4v) is 9.39. The highest BCUT2D eigenvalue weighted by molar-refractivity contribution is 7.93. The molecular weight excluding hydrogens is 715 g/mol. The molecule has 4 heterocycles. The van der Waals surface area contributed by atoms with Gasteiger partial charge in [-0.25, -0.2) is 22.7 Å². The van der Waals surface area contributed by atoms with Crippen LogP contribution in [0.3, 0.4) is 0 Å². The highest BCUT2D eigenvalue weighted by atomic mass is 32.2. The smallest absolute Gasteiger partial charge is 0.273 e. The van der Waals surface area contributed by atoms with Crippen LogP contribution >= 0.6 is 0 Å². The second-order valence-corrected chi connectivity index (χ2v) is 15.4. The molecule has 266 valence electrons. The Balaban J connectivity index is 1.10. The lowest BCUT2D eigenvalue weighted by Gasteiger charge is -2.30. The van der Waals surface area contributed by atoms with Gasteiger partial charge in [0, 0.05) is 21.9 Å². The number of imidazole rings is 1. The average molecular weight is 744 g/mol. The Hall–Kier alpha value is -7.43. The first kappa shape index (κ1) is 32.0. The van der Waals surface area contributed by atoms with Crippen LogP contribution in [0.4, 0.5) is 11.6 Å². The van der Waals surface area contributed by atoms with E-state index in [-0.39, 0.29) is 4.90 Å². The van der Waals surface area contributed by atoms with Crippen LogP contribution in [-0.2, 0) is 10.0 Å². The third-order valence-electron chi connectivity index (χ3n) is 10.3. The normalized spacial score (nSPS) is 13.2. The molecule has 9 nitrogen and oxygen atoms in total. The van der Waals surface area contributed by atoms with E-state index in [1.54, 1.807) is 18.2 Å². The molecule has 1 aliphatic heterocycles. The number of nitrogens with zero attached hydrogens (tertiary/aromatic N) is 7. The summed E-state index contributed by atoms with van der Waals surface area (Å²) >= 11 is 0. The van der Waals surface area contributed by atoms with Crippen LogP contribution in [0.5, 0.6) is 0 Å². The monoisotopic (exact) mass is 743 g/mol. The van der Waals surface area contributed by atoms with Crippen LogP contribution < -0.4 is 4.31 Å². The quantitative estimate of drug-likeness (QED) is 0.174. The number of sulfonamides is 1. The van der Waals surface area contributed by atoms with Gasteiger partial charge in [0.05, 0.1) is 33.4 Å². The molecule has 0 saturated heterocycles. The molecule has 0 amide bonds. The fourth-order valence-electron chi connectivity index (χ4n) is 7.76. The lowest BCUT2D eigenvalue weighted by molar-refractivity contribution is 0.592. The zero-order chi connectivity index (χ0) is 37.4. The van der Waals surface area contributed by atoms with Gasteiger partial charge in [0.25, 0.3) is 10.0 Å². The van der Waals surface area contributed by atoms with Gasteiger partial charge in [0.2, 0.25) is 11.9 Å². The summed E-state index contributed by atoms with van der Waals surface area (Å²) in [6.45, 7) is 0. The van der Waals surface area contributed by atoms with Crippen molar-refractivity contribution < 1.29 is 8.42 Å². The molecule has 0 fully saturated rings. The molecule has 7 aromatic carbocycles. The third-order valence-corrected chi connectivity index (χ3v) is 12.1. The minimum absolute atomic E-state index is 0.198. The van der Waals surface area contributed by atoms with Crippen LogP contribution in [0.1, 0.15) is 0 Å². The zero-order valence-electron chi connectivity index (χ0n) is 29.6. The number of para-hydroxylation sites is 4. The van der Waals surface area contributed by atoms with Crippen molar-refractivity contribution in [1.29, 1.82) is 0 Å². The van der Waals surface area contributed by atoms with Crippen molar-refractivity contribution in [3.05, 3.63) is 176 Å². The lowest BCUT2D eigenvalue weighted by atomic mass is 10.0. The molecule has 56 heavy (non-hydrogen) atoms. The molecule has 0 bridgehead atoms. The van der Waals surface area contributed by atoms with Gasteiger partial charge in [0.1, 0.15) is 4.90 Å². The van der Waals surface area contributed by atoms with Gasteiger partial charge < -0.3 is 0 Å². The second-order valence-electron chi connectivity index (χ2n) is 13.6. The Bertz CT molecular complexity index is 3210. The van der Waals surface area contributed by atoms with Crippen LogP contribution in [0.15, 0.2) is 181 Å². The van der Waals surface area contributed by atoms with E-state index < -0.39 is 10.0 Å². The molecule has 0 saturated carbocycles. The number of fused-ring (bicyclic) bond motifs is 8. The maximum absolute atomic E-state index is 14.7. The maximum Gasteiger partial charge on any atom is 0.273 e. The van der Waals surface area contributed by atoms with E-state index in [4.69, 9.17) is 19.9 Å². The fraction of sp³-hybridized carbons (Fsp3) is 0. The zero-order valence-corrected chi connectivity index (χ0v) is 30.4. The minimum Gasteiger partial charge on any atom is -0.278 e. The van der Waals surface area contributed by atoms with Gasteiger partial charge in [-0.2, -0.15) is 9.97 Å². The van der Waals surface area contributed by atoms with E-state index in [0.29, 0.717) is 40.4 Å². The number of rotatable bonds is 5. The van der Waals surface area contributed by atoms with E-state index in [0.717, 1.165) is 49.6 Å². The first-order valence-corrected chi connectivity index (χ1v) is 19.6. The Kier molecular flexibility index (Phi) is 7.04. The van der Waals surface area contributed by atoms with Crippen molar-refractivity contribution in [3.8, 4) is 45.5 Å². The topological polar surface area (TPSA) is 98.8 Å². The first-order valence-electron chi connectivity index (χ1n) is 18.2. The Morgan fingerprint density at radius 3 is 1.71 bits per heavy atom. The summed E-state index contributed by atoms with van der Waals surface area (Å²) in [4.78, 5) is 20.0. The van der Waals surface area contributed by atoms with Gasteiger partial charge in [-0.15, -0.1) is 0 Å². The molecule has 1 aliphatic rings. The molecule has 3 aromatic heterocycles. The van der Waals surface area contributed by atoms with Gasteiger partial charge in [-0.1, -0.05) is 121 Å². The molecule has 10 aromatic rings. The Labute approximate surface area is 321 Å². The third kappa shape index (κ3) is 4.89. The van der Waals surface area contributed by atoms with Crippen molar-refractivity contribution in [2.45, 2.75) is 4.90 Å². The molecule has 0 atom stereocenters. The van der Waals surface area contributed by atoms with Crippen molar-refractivity contribution in [1.82, 2.24) is 29.1 Å². The van der Waals surface area contributed by atoms with Gasteiger partial charge >= 0.3 is 0 Å². The van der Waals surface area contributed by atoms with E-state index in [1.807, 2.05) is 138 Å². The molecule has 0 aliphatic carbocycles. The van der Waals surface area contributed by atoms with Gasteiger partial charge in [-0.3, -0.25) is 9.13 Å². The van der Waals surface area contributed by atoms with E-state index in [2.05, 4.69) is 28.8 Å². The van der Waals surface area contributed by atoms with E-state index in [9.17, 15) is 8.42 Å². The Morgan fingerprint density at radius 1 is 0.429 bits per heavy atom. The van der Waals surface area contributed by atoms with Crippen LogP contribution in [0.2, 0.25) is 0 Å². The standard InChI is InChI=1S/C46H29N7O2S/c54-56(55)42-29-33(25-27-41(42)52-40-23-13-11-21-37(40)47-46(52)53(56)34-18-8-3-9-19-34)32-24-26-39-36(28-32)35-20-10-12-22-38(35)51(39)45-49-43(30-14-4-1-5-15-30)48-44(50-45)31-16-6-2-7-17-31/h1-29H. The highest BCUT2D eigenvalue weighted by Gasteiger charge is 2.39. The predicted octanol–water partition coefficient (Wildman–Crippen LogP) is 10.1. The van der Waals surface area contributed by atoms with E-state index in [1.165, 1.54) is 4.31 Å². The van der Waals surface area contributed by atoms with Crippen molar-refractivity contribution in [2.75, 3.05) is 4.31 Å². The van der Waals surface area contributed by atoms with Crippen LogP contribution in [0.25, 0.3) is 78.4 Å². The van der Waals surface area contributed by atoms with Crippen molar-refractivity contribution in [2.24, 2.45) is 0 Å². The summed E-state index contributed by atoms with van der Waals surface area (Å²) in [7, 11) is -4.07. The molecule has 0 N–H and O–H groups in total. The summed E-state index contributed by atoms with van der Waals surface area (Å²) in [5, 5.41) is 2.00. The average Bonchev–Trinajstić information content (AvgIpc) is 3.80. The van der Waals surface area contributed by atoms with Gasteiger partial charge in [0.15, 0.2) is 11.6 Å². The van der Waals surface area contributed by atoms with Crippen LogP contribution in [-0.4, -0.2) is 37.5 Å². The number of benzene rings is 7. The second kappa shape index (κ2) is 12.3. The summed E-state index contributed by atoms with van der Waals surface area (Å²) < 4.78 is 34.7. The van der Waals surface area contributed by atoms with Gasteiger partial charge in [-0.05, 0) is 65.7 Å². The number of hydrogen-bond acceptors (Lipinski definition) is 6. The largest absolute Gasteiger partial charge is 0.278 e. The lowest BCUT2D eigenvalue weighted by Crippen LogP contribution is -2.33. The van der Waals surface area contributed by atoms with E-state index >= 15 is 0 Å². The molecular formula is C46H29N7O2S. The molecule has 0 spiro atoms. The molecule has 10 heteroatoms. The maximum atomic E-state index is 14.7. The van der Waals surface area contributed by atoms with Crippen molar-refractivity contribution in [3.63, 3.8) is 0 Å². The summed E-state index contributed by atoms with van der Waals surface area (Å²) in [6, 6.07) is 56.7. The van der Waals surface area contributed by atoms with Crippen LogP contribution in [0, 0.1) is 0 Å². The SMILES string of the molecule is O=S1(=O)c2cc(-c3ccc4c(c3)c3ccccc3n4-c3nc(-c4ccccc4)nc(-c4ccccc4)n3)ccc2-n2c(nc3ccccc32)N1c1ccccc1. The summed E-state index contributed by atoms with van der Waals surface area (Å²) in [6.07, 6.45) is 0. The number of aromatic nitrogens is 6. The Morgan fingerprint density at radius 2 is 1.00 bits per heavy atom. The minimum atomic E-state index is -4.07. The molecule has 0 radical (unpaired) electrons. The highest BCUT2D eigenvalue weighted by Crippen LogP contribution is 2.44. The predicted molar refractivity (Wildman–Crippen MR) is 221 cm³/mol. The summed E-state index contributed by atoms with van der Waals surface area (Å²) in [5.41, 5.74) is 7.87. The molecule has 11 rings (SSSR count). The number of anilines is 2. The number of hydrogen-bond donors (Lipinski definition) is 0.